The Hall–Kier alpha value is -2.00. The van der Waals surface area contributed by atoms with Gasteiger partial charge in [-0.05, 0) is 38.0 Å². The summed E-state index contributed by atoms with van der Waals surface area (Å²) in [7, 11) is -3.93. The molecule has 6 nitrogen and oxygen atoms in total. The molecule has 9 heteroatoms. The van der Waals surface area contributed by atoms with E-state index < -0.39 is 15.8 Å². The molecule has 0 radical (unpaired) electrons. The third kappa shape index (κ3) is 2.81. The Bertz CT molecular complexity index is 992. The summed E-state index contributed by atoms with van der Waals surface area (Å²) in [4.78, 5) is 4.84. The third-order valence-electron chi connectivity index (χ3n) is 3.34. The molecule has 0 unspecified atom stereocenters. The Morgan fingerprint density at radius 3 is 2.74 bits per heavy atom. The average molecular weight is 354 g/mol. The Balaban J connectivity index is 2.10. The van der Waals surface area contributed by atoms with Crippen LogP contribution in [-0.4, -0.2) is 23.0 Å². The van der Waals surface area contributed by atoms with E-state index in [2.05, 4.69) is 14.8 Å². The fourth-order valence-corrected chi connectivity index (χ4v) is 4.43. The lowest BCUT2D eigenvalue weighted by Crippen LogP contribution is -2.17. The summed E-state index contributed by atoms with van der Waals surface area (Å²) in [5.41, 5.74) is 1.05. The number of nitrogens with zero attached hydrogens (tertiary/aromatic N) is 3. The normalized spacial score (nSPS) is 12.0. The van der Waals surface area contributed by atoms with Crippen LogP contribution in [0.1, 0.15) is 23.2 Å². The molecule has 0 aliphatic carbocycles. The van der Waals surface area contributed by atoms with Gasteiger partial charge in [-0.25, -0.2) is 9.37 Å². The standard InChI is InChI=1S/C14H15FN4O2S2/c1-4-12-13(19-14(16-12)22-9(3)17-19)23(20,21)18-10-6-5-8(2)11(15)7-10/h5-7,18H,4H2,1-3H3. The second kappa shape index (κ2) is 5.57. The van der Waals surface area contributed by atoms with E-state index in [1.165, 1.54) is 28.0 Å². The predicted octanol–water partition coefficient (Wildman–Crippen LogP) is 2.91. The Morgan fingerprint density at radius 1 is 1.35 bits per heavy atom. The highest BCUT2D eigenvalue weighted by molar-refractivity contribution is 7.92. The Kier molecular flexibility index (Phi) is 3.85. The van der Waals surface area contributed by atoms with Crippen LogP contribution in [-0.2, 0) is 16.4 Å². The molecule has 122 valence electrons. The average Bonchev–Trinajstić information content (AvgIpc) is 2.97. The molecule has 0 atom stereocenters. The zero-order valence-corrected chi connectivity index (χ0v) is 14.4. The lowest BCUT2D eigenvalue weighted by Gasteiger charge is -2.09. The van der Waals surface area contributed by atoms with Crippen molar-refractivity contribution >= 4 is 32.0 Å². The lowest BCUT2D eigenvalue weighted by molar-refractivity contribution is 0.591. The van der Waals surface area contributed by atoms with Crippen molar-refractivity contribution in [3.05, 3.63) is 40.3 Å². The first-order chi connectivity index (χ1) is 10.8. The summed E-state index contributed by atoms with van der Waals surface area (Å²) >= 11 is 1.32. The lowest BCUT2D eigenvalue weighted by atomic mass is 10.2. The first kappa shape index (κ1) is 15.9. The van der Waals surface area contributed by atoms with Gasteiger partial charge >= 0.3 is 0 Å². The summed E-state index contributed by atoms with van der Waals surface area (Å²) < 4.78 is 42.8. The zero-order chi connectivity index (χ0) is 16.8. The van der Waals surface area contributed by atoms with Crippen molar-refractivity contribution in [1.82, 2.24) is 14.6 Å². The van der Waals surface area contributed by atoms with Crippen molar-refractivity contribution in [3.63, 3.8) is 0 Å². The zero-order valence-electron chi connectivity index (χ0n) is 12.8. The number of aromatic nitrogens is 3. The van der Waals surface area contributed by atoms with E-state index in [-0.39, 0.29) is 10.7 Å². The second-order valence-corrected chi connectivity index (χ2v) is 7.86. The summed E-state index contributed by atoms with van der Waals surface area (Å²) in [6.07, 6.45) is 0.452. The number of hydrogen-bond donors (Lipinski definition) is 1. The molecule has 0 bridgehead atoms. The van der Waals surface area contributed by atoms with E-state index >= 15 is 0 Å². The minimum Gasteiger partial charge on any atom is -0.278 e. The largest absolute Gasteiger partial charge is 0.281 e. The minimum atomic E-state index is -3.93. The van der Waals surface area contributed by atoms with Crippen molar-refractivity contribution in [1.29, 1.82) is 0 Å². The number of benzene rings is 1. The van der Waals surface area contributed by atoms with Gasteiger partial charge in [0.05, 0.1) is 11.4 Å². The van der Waals surface area contributed by atoms with Crippen LogP contribution in [0.2, 0.25) is 0 Å². The maximum atomic E-state index is 13.6. The minimum absolute atomic E-state index is 0.000308. The molecule has 1 N–H and O–H groups in total. The molecule has 0 fully saturated rings. The fourth-order valence-electron chi connectivity index (χ4n) is 2.23. The van der Waals surface area contributed by atoms with Gasteiger partial charge in [0.25, 0.3) is 10.0 Å². The molecule has 1 aromatic carbocycles. The molecule has 0 amide bonds. The predicted molar refractivity (Wildman–Crippen MR) is 86.9 cm³/mol. The van der Waals surface area contributed by atoms with Crippen LogP contribution in [0.3, 0.4) is 0 Å². The molecule has 0 aliphatic rings. The van der Waals surface area contributed by atoms with Crippen molar-refractivity contribution < 1.29 is 12.8 Å². The number of hydrogen-bond acceptors (Lipinski definition) is 5. The van der Waals surface area contributed by atoms with Gasteiger partial charge in [0, 0.05) is 0 Å². The van der Waals surface area contributed by atoms with Gasteiger partial charge in [0.1, 0.15) is 10.8 Å². The first-order valence-electron chi connectivity index (χ1n) is 6.96. The van der Waals surface area contributed by atoms with Crippen molar-refractivity contribution in [2.24, 2.45) is 0 Å². The molecule has 2 heterocycles. The molecule has 2 aromatic heterocycles. The van der Waals surface area contributed by atoms with Crippen LogP contribution in [0.25, 0.3) is 4.96 Å². The summed E-state index contributed by atoms with van der Waals surface area (Å²) in [5, 5.41) is 4.92. The second-order valence-electron chi connectivity index (χ2n) is 5.10. The van der Waals surface area contributed by atoms with Crippen LogP contribution >= 0.6 is 11.3 Å². The van der Waals surface area contributed by atoms with E-state index in [9.17, 15) is 12.8 Å². The van der Waals surface area contributed by atoms with Gasteiger partial charge in [0.15, 0.2) is 0 Å². The molecule has 0 saturated carbocycles. The van der Waals surface area contributed by atoms with Gasteiger partial charge in [-0.2, -0.15) is 18.0 Å². The number of sulfonamides is 1. The van der Waals surface area contributed by atoms with E-state index in [0.717, 1.165) is 6.07 Å². The summed E-state index contributed by atoms with van der Waals surface area (Å²) in [5.74, 6) is -0.469. The maximum absolute atomic E-state index is 13.6. The highest BCUT2D eigenvalue weighted by atomic mass is 32.2. The van der Waals surface area contributed by atoms with Crippen molar-refractivity contribution in [2.45, 2.75) is 32.2 Å². The SMILES string of the molecule is CCc1nc2sc(C)nn2c1S(=O)(=O)Nc1ccc(C)c(F)c1. The molecular formula is C14H15FN4O2S2. The number of halogens is 1. The molecule has 0 spiro atoms. The van der Waals surface area contributed by atoms with Crippen LogP contribution in [0.15, 0.2) is 23.2 Å². The maximum Gasteiger partial charge on any atom is 0.281 e. The van der Waals surface area contributed by atoms with Gasteiger partial charge < -0.3 is 0 Å². The van der Waals surface area contributed by atoms with Crippen molar-refractivity contribution in [2.75, 3.05) is 4.72 Å². The van der Waals surface area contributed by atoms with Crippen molar-refractivity contribution in [3.8, 4) is 0 Å². The monoisotopic (exact) mass is 354 g/mol. The number of nitrogens with one attached hydrogen (secondary N) is 1. The smallest absolute Gasteiger partial charge is 0.278 e. The van der Waals surface area contributed by atoms with Gasteiger partial charge in [-0.1, -0.05) is 24.3 Å². The van der Waals surface area contributed by atoms with Crippen LogP contribution < -0.4 is 4.72 Å². The third-order valence-corrected chi connectivity index (χ3v) is 5.59. The summed E-state index contributed by atoms with van der Waals surface area (Å²) in [6.45, 7) is 5.22. The number of aryl methyl sites for hydroxylation is 3. The highest BCUT2D eigenvalue weighted by Gasteiger charge is 2.26. The number of imidazole rings is 1. The fraction of sp³-hybridized carbons (Fsp3) is 0.286. The van der Waals surface area contributed by atoms with E-state index in [0.29, 0.717) is 27.6 Å². The first-order valence-corrected chi connectivity index (χ1v) is 9.26. The molecule has 0 aliphatic heterocycles. The van der Waals surface area contributed by atoms with Gasteiger partial charge in [0.2, 0.25) is 9.99 Å². The highest BCUT2D eigenvalue weighted by Crippen LogP contribution is 2.25. The molecule has 3 aromatic rings. The van der Waals surface area contributed by atoms with Crippen LogP contribution in [0, 0.1) is 19.7 Å². The topological polar surface area (TPSA) is 76.4 Å². The van der Waals surface area contributed by atoms with E-state index in [1.807, 2.05) is 6.92 Å². The Labute approximate surface area is 137 Å². The number of fused-ring (bicyclic) bond motifs is 1. The van der Waals surface area contributed by atoms with E-state index in [4.69, 9.17) is 0 Å². The van der Waals surface area contributed by atoms with E-state index in [1.54, 1.807) is 13.8 Å². The molecular weight excluding hydrogens is 339 g/mol. The number of rotatable bonds is 4. The molecule has 3 rings (SSSR count). The van der Waals surface area contributed by atoms with Gasteiger partial charge in [-0.15, -0.1) is 0 Å². The number of anilines is 1. The van der Waals surface area contributed by atoms with Crippen LogP contribution in [0.4, 0.5) is 10.1 Å². The summed E-state index contributed by atoms with van der Waals surface area (Å²) in [6, 6.07) is 4.20. The van der Waals surface area contributed by atoms with Crippen LogP contribution in [0.5, 0.6) is 0 Å². The van der Waals surface area contributed by atoms with Gasteiger partial charge in [-0.3, -0.25) is 4.72 Å². The quantitative estimate of drug-likeness (QED) is 0.781. The Morgan fingerprint density at radius 2 is 2.09 bits per heavy atom. The molecule has 23 heavy (non-hydrogen) atoms. The molecule has 0 saturated heterocycles.